The average molecular weight is 365 g/mol. The quantitative estimate of drug-likeness (QED) is 0.800. The van der Waals surface area contributed by atoms with Crippen molar-refractivity contribution in [2.24, 2.45) is 0 Å². The zero-order valence-electron chi connectivity index (χ0n) is 15.6. The molecule has 0 fully saturated rings. The van der Waals surface area contributed by atoms with Crippen molar-refractivity contribution in [2.45, 2.75) is 72.5 Å². The predicted molar refractivity (Wildman–Crippen MR) is 103 cm³/mol. The van der Waals surface area contributed by atoms with Crippen molar-refractivity contribution < 1.29 is 4.79 Å². The van der Waals surface area contributed by atoms with E-state index in [0.29, 0.717) is 16.8 Å². The predicted octanol–water partition coefficient (Wildman–Crippen LogP) is 2.64. The third-order valence-corrected chi connectivity index (χ3v) is 4.89. The van der Waals surface area contributed by atoms with Crippen LogP contribution in [0.2, 0.25) is 0 Å². The molecule has 1 N–H and O–H groups in total. The third-order valence-electron chi connectivity index (χ3n) is 3.82. The van der Waals surface area contributed by atoms with Gasteiger partial charge in [-0.25, -0.2) is 4.79 Å². The first-order chi connectivity index (χ1) is 11.6. The lowest BCUT2D eigenvalue weighted by molar-refractivity contribution is -0.123. The smallest absolute Gasteiger partial charge is 0.332 e. The molecule has 0 aromatic carbocycles. The first-order valence-corrected chi connectivity index (χ1v) is 9.50. The van der Waals surface area contributed by atoms with Gasteiger partial charge >= 0.3 is 5.69 Å². The van der Waals surface area contributed by atoms with E-state index >= 15 is 0 Å². The molecule has 2 heterocycles. The van der Waals surface area contributed by atoms with Crippen molar-refractivity contribution in [3.05, 3.63) is 31.8 Å². The Balaban J connectivity index is 2.51. The Labute approximate surface area is 151 Å². The summed E-state index contributed by atoms with van der Waals surface area (Å²) in [5.74, 6) is -0.335. The summed E-state index contributed by atoms with van der Waals surface area (Å²) >= 11 is 1.45. The van der Waals surface area contributed by atoms with Crippen LogP contribution in [0.25, 0.3) is 10.2 Å². The summed E-state index contributed by atoms with van der Waals surface area (Å²) < 4.78 is 2.70. The Bertz CT molecular complexity index is 884. The zero-order chi connectivity index (χ0) is 18.8. The fraction of sp³-hybridized carbons (Fsp3) is 0.611. The molecule has 0 unspecified atom stereocenters. The molecule has 0 atom stereocenters. The Morgan fingerprint density at radius 2 is 1.88 bits per heavy atom. The van der Waals surface area contributed by atoms with Gasteiger partial charge in [0.2, 0.25) is 5.91 Å². The van der Waals surface area contributed by atoms with Crippen molar-refractivity contribution in [1.29, 1.82) is 0 Å². The standard InChI is InChI=1S/C18H27N3O3S/c1-6-7-8-9-20-16-13(10-12(2)25-16)15(23)21(17(20)24)11-14(22)19-18(3,4)5/h10H,6-9,11H2,1-5H3,(H,19,22). The lowest BCUT2D eigenvalue weighted by atomic mass is 10.1. The van der Waals surface area contributed by atoms with Gasteiger partial charge in [0.15, 0.2) is 0 Å². The number of nitrogens with zero attached hydrogens (tertiary/aromatic N) is 2. The number of aromatic nitrogens is 2. The minimum Gasteiger partial charge on any atom is -0.350 e. The van der Waals surface area contributed by atoms with Gasteiger partial charge in [0.1, 0.15) is 11.4 Å². The number of hydrogen-bond acceptors (Lipinski definition) is 4. The van der Waals surface area contributed by atoms with Gasteiger partial charge in [-0.1, -0.05) is 19.8 Å². The van der Waals surface area contributed by atoms with Gasteiger partial charge in [0.25, 0.3) is 5.56 Å². The first-order valence-electron chi connectivity index (χ1n) is 8.69. The molecule has 6 nitrogen and oxygen atoms in total. The summed E-state index contributed by atoms with van der Waals surface area (Å²) in [5.41, 5.74) is -1.20. The maximum Gasteiger partial charge on any atom is 0.332 e. The SMILES string of the molecule is CCCCCn1c(=O)n(CC(=O)NC(C)(C)C)c(=O)c2cc(C)sc21. The van der Waals surface area contributed by atoms with Crippen LogP contribution in [0.5, 0.6) is 0 Å². The molecule has 1 amide bonds. The number of hydrogen-bond donors (Lipinski definition) is 1. The molecule has 7 heteroatoms. The monoisotopic (exact) mass is 365 g/mol. The minimum atomic E-state index is -0.413. The van der Waals surface area contributed by atoms with Gasteiger partial charge in [0.05, 0.1) is 5.39 Å². The largest absolute Gasteiger partial charge is 0.350 e. The second kappa shape index (κ2) is 7.56. The molecule has 0 aliphatic carbocycles. The number of fused-ring (bicyclic) bond motifs is 1. The maximum atomic E-state index is 12.9. The Hall–Kier alpha value is -1.89. The van der Waals surface area contributed by atoms with Crippen LogP contribution in [0.3, 0.4) is 0 Å². The average Bonchev–Trinajstić information content (AvgIpc) is 2.87. The van der Waals surface area contributed by atoms with Crippen molar-refractivity contribution in [2.75, 3.05) is 0 Å². The Morgan fingerprint density at radius 1 is 1.20 bits per heavy atom. The molecule has 2 aromatic heterocycles. The molecule has 0 bridgehead atoms. The summed E-state index contributed by atoms with van der Waals surface area (Å²) in [4.78, 5) is 39.5. The van der Waals surface area contributed by atoms with Gasteiger partial charge in [-0.15, -0.1) is 11.3 Å². The normalized spacial score (nSPS) is 11.9. The molecule has 0 saturated carbocycles. The van der Waals surface area contributed by atoms with Crippen LogP contribution in [0, 0.1) is 6.92 Å². The number of nitrogens with one attached hydrogen (secondary N) is 1. The van der Waals surface area contributed by atoms with E-state index in [1.165, 1.54) is 11.3 Å². The van der Waals surface area contributed by atoms with E-state index in [-0.39, 0.29) is 18.0 Å². The summed E-state index contributed by atoms with van der Waals surface area (Å²) in [6.07, 6.45) is 2.94. The molecule has 25 heavy (non-hydrogen) atoms. The molecule has 0 aliphatic heterocycles. The molecule has 2 aromatic rings. The lowest BCUT2D eigenvalue weighted by Gasteiger charge is -2.21. The zero-order valence-corrected chi connectivity index (χ0v) is 16.5. The van der Waals surface area contributed by atoms with E-state index in [1.54, 1.807) is 10.6 Å². The van der Waals surface area contributed by atoms with E-state index < -0.39 is 11.2 Å². The van der Waals surface area contributed by atoms with E-state index in [2.05, 4.69) is 12.2 Å². The van der Waals surface area contributed by atoms with Crippen LogP contribution in [0.4, 0.5) is 0 Å². The topological polar surface area (TPSA) is 73.1 Å². The summed E-state index contributed by atoms with van der Waals surface area (Å²) in [6, 6.07) is 1.80. The first kappa shape index (κ1) is 19.4. The molecule has 0 aliphatic rings. The molecule has 2 rings (SSSR count). The third kappa shape index (κ3) is 4.60. The van der Waals surface area contributed by atoms with Crippen LogP contribution in [-0.4, -0.2) is 20.6 Å². The number of carbonyl (C=O) groups excluding carboxylic acids is 1. The highest BCUT2D eigenvalue weighted by molar-refractivity contribution is 7.18. The second-order valence-corrected chi connectivity index (χ2v) is 8.64. The molecule has 0 saturated heterocycles. The van der Waals surface area contributed by atoms with Gasteiger partial charge in [-0.2, -0.15) is 0 Å². The number of amides is 1. The van der Waals surface area contributed by atoms with E-state index in [1.807, 2.05) is 27.7 Å². The van der Waals surface area contributed by atoms with Crippen LogP contribution in [0.15, 0.2) is 15.7 Å². The van der Waals surface area contributed by atoms with Crippen LogP contribution >= 0.6 is 11.3 Å². The maximum absolute atomic E-state index is 12.9. The number of thiophene rings is 1. The number of aryl methyl sites for hydroxylation is 2. The molecule has 138 valence electrons. The van der Waals surface area contributed by atoms with Crippen molar-refractivity contribution >= 4 is 27.5 Å². The van der Waals surface area contributed by atoms with Crippen LogP contribution < -0.4 is 16.6 Å². The van der Waals surface area contributed by atoms with Gasteiger partial charge < -0.3 is 5.32 Å². The van der Waals surface area contributed by atoms with Crippen molar-refractivity contribution in [1.82, 2.24) is 14.5 Å². The van der Waals surface area contributed by atoms with E-state index in [0.717, 1.165) is 28.7 Å². The molecular weight excluding hydrogens is 338 g/mol. The molecule has 0 radical (unpaired) electrons. The Morgan fingerprint density at radius 3 is 2.48 bits per heavy atom. The lowest BCUT2D eigenvalue weighted by Crippen LogP contribution is -2.47. The summed E-state index contributed by atoms with van der Waals surface area (Å²) in [6.45, 7) is 9.91. The Kier molecular flexibility index (Phi) is 5.87. The second-order valence-electron chi connectivity index (χ2n) is 7.41. The summed E-state index contributed by atoms with van der Waals surface area (Å²) in [7, 11) is 0. The fourth-order valence-corrected chi connectivity index (χ4v) is 3.80. The number of unbranched alkanes of at least 4 members (excludes halogenated alkanes) is 2. The number of carbonyl (C=O) groups is 1. The minimum absolute atomic E-state index is 0.256. The van der Waals surface area contributed by atoms with Gasteiger partial charge in [-0.05, 0) is 40.2 Å². The van der Waals surface area contributed by atoms with E-state index in [4.69, 9.17) is 0 Å². The van der Waals surface area contributed by atoms with Crippen LogP contribution in [-0.2, 0) is 17.9 Å². The molecular formula is C18H27N3O3S. The summed E-state index contributed by atoms with van der Waals surface area (Å²) in [5, 5.41) is 3.32. The highest BCUT2D eigenvalue weighted by Crippen LogP contribution is 2.21. The fourth-order valence-electron chi connectivity index (χ4n) is 2.78. The van der Waals surface area contributed by atoms with Crippen molar-refractivity contribution in [3.63, 3.8) is 0 Å². The van der Waals surface area contributed by atoms with Crippen molar-refractivity contribution in [3.8, 4) is 0 Å². The van der Waals surface area contributed by atoms with Gasteiger partial charge in [-0.3, -0.25) is 18.7 Å². The van der Waals surface area contributed by atoms with E-state index in [9.17, 15) is 14.4 Å². The van der Waals surface area contributed by atoms with Crippen LogP contribution in [0.1, 0.15) is 51.8 Å². The highest BCUT2D eigenvalue weighted by Gasteiger charge is 2.19. The highest BCUT2D eigenvalue weighted by atomic mass is 32.1. The number of rotatable bonds is 6. The molecule has 0 spiro atoms. The van der Waals surface area contributed by atoms with Gasteiger partial charge in [0, 0.05) is 17.0 Å².